The number of rotatable bonds is 7. The number of piperazine rings is 1. The summed E-state index contributed by atoms with van der Waals surface area (Å²) in [6, 6.07) is 11.7. The number of amides is 1. The number of carbonyl (C=O) groups excluding carboxylic acids is 1. The van der Waals surface area contributed by atoms with Crippen molar-refractivity contribution >= 4 is 27.5 Å². The summed E-state index contributed by atoms with van der Waals surface area (Å²) in [5, 5.41) is 2.71. The average Bonchev–Trinajstić information content (AvgIpc) is 2.72. The molecule has 2 aromatic carbocycles. The van der Waals surface area contributed by atoms with Gasteiger partial charge in [-0.05, 0) is 18.2 Å². The van der Waals surface area contributed by atoms with Crippen molar-refractivity contribution in [2.45, 2.75) is 17.8 Å². The first-order chi connectivity index (χ1) is 15.1. The Balaban J connectivity index is 1.51. The monoisotopic (exact) mass is 491 g/mol. The molecule has 32 heavy (non-hydrogen) atoms. The number of carbonyl (C=O) groups is 1. The lowest BCUT2D eigenvalue weighted by molar-refractivity contribution is -0.274. The van der Waals surface area contributed by atoms with Gasteiger partial charge >= 0.3 is 6.36 Å². The predicted molar refractivity (Wildman–Crippen MR) is 112 cm³/mol. The van der Waals surface area contributed by atoms with Crippen molar-refractivity contribution in [3.63, 3.8) is 0 Å². The standard InChI is InChI=1S/C20H21ClF3N3O4S/c21-16-6-2-4-8-18(16)32(29,30)27-11-9-26(10-12-27)14-19(28)25-13-15-5-1-3-7-17(15)31-20(22,23)24/h1-8H,9-14H2,(H,25,28). The fourth-order valence-electron chi connectivity index (χ4n) is 3.25. The summed E-state index contributed by atoms with van der Waals surface area (Å²) in [7, 11) is -3.74. The third-order valence-electron chi connectivity index (χ3n) is 4.83. The Bertz CT molecular complexity index is 1060. The maximum atomic E-state index is 12.8. The maximum absolute atomic E-state index is 12.8. The van der Waals surface area contributed by atoms with Gasteiger partial charge in [0.15, 0.2) is 0 Å². The van der Waals surface area contributed by atoms with Crippen LogP contribution >= 0.6 is 11.6 Å². The lowest BCUT2D eigenvalue weighted by Gasteiger charge is -2.33. The van der Waals surface area contributed by atoms with Gasteiger partial charge in [0.2, 0.25) is 15.9 Å². The van der Waals surface area contributed by atoms with Crippen molar-refractivity contribution in [1.82, 2.24) is 14.5 Å². The van der Waals surface area contributed by atoms with Gasteiger partial charge < -0.3 is 10.1 Å². The van der Waals surface area contributed by atoms with E-state index in [1.807, 2.05) is 0 Å². The van der Waals surface area contributed by atoms with E-state index in [2.05, 4.69) is 10.1 Å². The molecule has 1 N–H and O–H groups in total. The Labute approximate surface area is 188 Å². The molecule has 1 amide bonds. The second kappa shape index (κ2) is 10.1. The third kappa shape index (κ3) is 6.35. The molecule has 0 radical (unpaired) electrons. The van der Waals surface area contributed by atoms with Gasteiger partial charge in [-0.25, -0.2) is 8.42 Å². The van der Waals surface area contributed by atoms with Crippen molar-refractivity contribution in [1.29, 1.82) is 0 Å². The van der Waals surface area contributed by atoms with Crippen LogP contribution in [0.4, 0.5) is 13.2 Å². The molecule has 7 nitrogen and oxygen atoms in total. The lowest BCUT2D eigenvalue weighted by Crippen LogP contribution is -2.51. The van der Waals surface area contributed by atoms with Gasteiger partial charge in [0.1, 0.15) is 10.6 Å². The van der Waals surface area contributed by atoms with E-state index in [9.17, 15) is 26.4 Å². The highest BCUT2D eigenvalue weighted by Crippen LogP contribution is 2.26. The Morgan fingerprint density at radius 3 is 2.31 bits per heavy atom. The van der Waals surface area contributed by atoms with Crippen LogP contribution in [0.3, 0.4) is 0 Å². The number of hydrogen-bond acceptors (Lipinski definition) is 5. The number of ether oxygens (including phenoxy) is 1. The SMILES string of the molecule is O=C(CN1CCN(S(=O)(=O)c2ccccc2Cl)CC1)NCc1ccccc1OC(F)(F)F. The minimum Gasteiger partial charge on any atom is -0.405 e. The summed E-state index contributed by atoms with van der Waals surface area (Å²) in [5.74, 6) is -0.770. The molecule has 0 saturated carbocycles. The van der Waals surface area contributed by atoms with E-state index < -0.39 is 22.3 Å². The predicted octanol–water partition coefficient (Wildman–Crippen LogP) is 2.86. The number of benzene rings is 2. The Hall–Kier alpha value is -2.34. The molecular weight excluding hydrogens is 471 g/mol. The highest BCUT2D eigenvalue weighted by atomic mass is 35.5. The molecule has 0 unspecified atom stereocenters. The van der Waals surface area contributed by atoms with Gasteiger partial charge in [0, 0.05) is 38.3 Å². The molecule has 0 bridgehead atoms. The molecule has 1 fully saturated rings. The zero-order valence-corrected chi connectivity index (χ0v) is 18.4. The fourth-order valence-corrected chi connectivity index (χ4v) is 5.16. The van der Waals surface area contributed by atoms with Crippen molar-refractivity contribution < 1.29 is 31.1 Å². The molecular formula is C20H21ClF3N3O4S. The van der Waals surface area contributed by atoms with Gasteiger partial charge in [-0.3, -0.25) is 9.69 Å². The first-order valence-electron chi connectivity index (χ1n) is 9.63. The largest absolute Gasteiger partial charge is 0.573 e. The number of para-hydroxylation sites is 1. The quantitative estimate of drug-likeness (QED) is 0.644. The van der Waals surface area contributed by atoms with Crippen LogP contribution in [0.15, 0.2) is 53.4 Å². The average molecular weight is 492 g/mol. The highest BCUT2D eigenvalue weighted by Gasteiger charge is 2.32. The van der Waals surface area contributed by atoms with E-state index >= 15 is 0 Å². The number of hydrogen-bond donors (Lipinski definition) is 1. The Morgan fingerprint density at radius 1 is 1.03 bits per heavy atom. The van der Waals surface area contributed by atoms with Crippen LogP contribution in [0.25, 0.3) is 0 Å². The van der Waals surface area contributed by atoms with Crippen molar-refractivity contribution in [3.05, 3.63) is 59.1 Å². The van der Waals surface area contributed by atoms with Crippen molar-refractivity contribution in [2.24, 2.45) is 0 Å². The molecule has 174 valence electrons. The molecule has 12 heteroatoms. The van der Waals surface area contributed by atoms with Gasteiger partial charge in [-0.2, -0.15) is 4.31 Å². The first-order valence-corrected chi connectivity index (χ1v) is 11.5. The zero-order valence-electron chi connectivity index (χ0n) is 16.8. The molecule has 0 aliphatic carbocycles. The normalized spacial score (nSPS) is 16.0. The molecule has 0 spiro atoms. The van der Waals surface area contributed by atoms with E-state index in [1.54, 1.807) is 23.1 Å². The highest BCUT2D eigenvalue weighted by molar-refractivity contribution is 7.89. The second-order valence-corrected chi connectivity index (χ2v) is 9.36. The molecule has 2 aromatic rings. The lowest BCUT2D eigenvalue weighted by atomic mass is 10.2. The number of halogens is 4. The maximum Gasteiger partial charge on any atom is 0.573 e. The smallest absolute Gasteiger partial charge is 0.405 e. The number of nitrogens with one attached hydrogen (secondary N) is 1. The van der Waals surface area contributed by atoms with Crippen LogP contribution in [0.5, 0.6) is 5.75 Å². The van der Waals surface area contributed by atoms with Crippen LogP contribution in [0.2, 0.25) is 5.02 Å². The minimum absolute atomic E-state index is 0.0116. The second-order valence-electron chi connectivity index (χ2n) is 7.04. The number of sulfonamides is 1. The molecule has 0 aromatic heterocycles. The van der Waals surface area contributed by atoms with Crippen LogP contribution in [0.1, 0.15) is 5.56 Å². The summed E-state index contributed by atoms with van der Waals surface area (Å²) in [6.45, 7) is 0.871. The topological polar surface area (TPSA) is 79.0 Å². The molecule has 1 aliphatic heterocycles. The molecule has 1 saturated heterocycles. The van der Waals surface area contributed by atoms with E-state index in [0.717, 1.165) is 0 Å². The molecule has 3 rings (SSSR count). The summed E-state index contributed by atoms with van der Waals surface area (Å²) in [4.78, 5) is 14.1. The fraction of sp³-hybridized carbons (Fsp3) is 0.350. The molecule has 1 heterocycles. The van der Waals surface area contributed by atoms with Gasteiger partial charge in [0.05, 0.1) is 11.6 Å². The van der Waals surface area contributed by atoms with E-state index in [4.69, 9.17) is 11.6 Å². The summed E-state index contributed by atoms with van der Waals surface area (Å²) in [6.07, 6.45) is -4.83. The van der Waals surface area contributed by atoms with E-state index in [1.165, 1.54) is 34.6 Å². The van der Waals surface area contributed by atoms with Gasteiger partial charge in [-0.15, -0.1) is 13.2 Å². The van der Waals surface area contributed by atoms with E-state index in [0.29, 0.717) is 13.1 Å². The number of alkyl halides is 3. The minimum atomic E-state index is -4.83. The summed E-state index contributed by atoms with van der Waals surface area (Å²) >= 11 is 6.02. The van der Waals surface area contributed by atoms with Crippen LogP contribution in [0, 0.1) is 0 Å². The van der Waals surface area contributed by atoms with Crippen molar-refractivity contribution in [2.75, 3.05) is 32.7 Å². The number of nitrogens with zero attached hydrogens (tertiary/aromatic N) is 2. The third-order valence-corrected chi connectivity index (χ3v) is 7.23. The summed E-state index contributed by atoms with van der Waals surface area (Å²) in [5.41, 5.74) is 0.189. The van der Waals surface area contributed by atoms with Crippen LogP contribution in [-0.4, -0.2) is 62.6 Å². The van der Waals surface area contributed by atoms with Crippen LogP contribution < -0.4 is 10.1 Å². The zero-order chi connectivity index (χ0) is 23.4. The molecule has 0 atom stereocenters. The van der Waals surface area contributed by atoms with Gasteiger partial charge in [-0.1, -0.05) is 41.9 Å². The molecule has 1 aliphatic rings. The summed E-state index contributed by atoms with van der Waals surface area (Å²) < 4.78 is 68.4. The van der Waals surface area contributed by atoms with E-state index in [-0.39, 0.29) is 47.4 Å². The first kappa shape index (κ1) is 24.3. The van der Waals surface area contributed by atoms with Crippen LogP contribution in [-0.2, 0) is 21.4 Å². The Kier molecular flexibility index (Phi) is 7.65. The van der Waals surface area contributed by atoms with Gasteiger partial charge in [0.25, 0.3) is 0 Å². The Morgan fingerprint density at radius 2 is 1.66 bits per heavy atom. The van der Waals surface area contributed by atoms with Crippen molar-refractivity contribution in [3.8, 4) is 5.75 Å².